The van der Waals surface area contributed by atoms with Gasteiger partial charge in [-0.25, -0.2) is 14.8 Å². The molecular formula is C22H19F3N6O2S. The zero-order valence-corrected chi connectivity index (χ0v) is 18.7. The monoisotopic (exact) mass is 488 g/mol. The van der Waals surface area contributed by atoms with Crippen LogP contribution in [0.1, 0.15) is 16.3 Å². The lowest BCUT2D eigenvalue weighted by atomic mass is 10.1. The maximum atomic E-state index is 12.3. The smallest absolute Gasteiger partial charge is 0.389 e. The second kappa shape index (κ2) is 9.91. The molecule has 34 heavy (non-hydrogen) atoms. The van der Waals surface area contributed by atoms with Gasteiger partial charge in [-0.15, -0.1) is 11.3 Å². The van der Waals surface area contributed by atoms with Crippen molar-refractivity contribution in [2.75, 3.05) is 11.9 Å². The van der Waals surface area contributed by atoms with Crippen LogP contribution in [-0.4, -0.2) is 39.3 Å². The lowest BCUT2D eigenvalue weighted by Crippen LogP contribution is -2.36. The molecule has 4 aromatic rings. The number of aryl methyl sites for hydroxylation is 1. The summed E-state index contributed by atoms with van der Waals surface area (Å²) in [4.78, 5) is 25.7. The molecule has 1 aromatic carbocycles. The third-order valence-electron chi connectivity index (χ3n) is 4.56. The van der Waals surface area contributed by atoms with Crippen LogP contribution in [0.25, 0.3) is 16.9 Å². The molecule has 4 rings (SSSR count). The highest BCUT2D eigenvalue weighted by Crippen LogP contribution is 2.24. The Morgan fingerprint density at radius 1 is 1.29 bits per heavy atom. The van der Waals surface area contributed by atoms with Crippen LogP contribution in [0.2, 0.25) is 0 Å². The highest BCUT2D eigenvalue weighted by atomic mass is 32.1. The van der Waals surface area contributed by atoms with Crippen LogP contribution in [0.5, 0.6) is 0 Å². The van der Waals surface area contributed by atoms with Crippen LogP contribution in [-0.2, 0) is 11.4 Å². The van der Waals surface area contributed by atoms with Crippen molar-refractivity contribution in [1.82, 2.24) is 19.7 Å². The number of hydrogen-bond acceptors (Lipinski definition) is 6. The molecule has 0 spiro atoms. The summed E-state index contributed by atoms with van der Waals surface area (Å²) in [7, 11) is 0. The average Bonchev–Trinajstić information content (AvgIpc) is 3.40. The van der Waals surface area contributed by atoms with Crippen molar-refractivity contribution in [2.24, 2.45) is 5.16 Å². The zero-order valence-electron chi connectivity index (χ0n) is 17.8. The van der Waals surface area contributed by atoms with Gasteiger partial charge in [0.1, 0.15) is 12.2 Å². The molecule has 12 heteroatoms. The summed E-state index contributed by atoms with van der Waals surface area (Å²) in [5.41, 5.74) is 4.09. The fourth-order valence-corrected chi connectivity index (χ4v) is 3.68. The van der Waals surface area contributed by atoms with Gasteiger partial charge in [0, 0.05) is 28.4 Å². The number of anilines is 1. The summed E-state index contributed by atoms with van der Waals surface area (Å²) >= 11 is 1.55. The SMILES string of the molecule is Cc1nc(CON=Cc2ccn3c(-c4cccc(NC(=O)NCC(F)(F)F)c4)cnc3c2)cs1. The quantitative estimate of drug-likeness (QED) is 0.283. The number of amides is 2. The number of carbonyl (C=O) groups is 1. The normalized spacial score (nSPS) is 11.8. The number of halogens is 3. The molecule has 0 aliphatic rings. The minimum Gasteiger partial charge on any atom is -0.389 e. The lowest BCUT2D eigenvalue weighted by Gasteiger charge is -2.10. The maximum Gasteiger partial charge on any atom is 0.405 e. The number of alkyl halides is 3. The summed E-state index contributed by atoms with van der Waals surface area (Å²) in [5.74, 6) is 0. The number of thiazole rings is 1. The van der Waals surface area contributed by atoms with Crippen molar-refractivity contribution in [1.29, 1.82) is 0 Å². The maximum absolute atomic E-state index is 12.3. The van der Waals surface area contributed by atoms with Crippen LogP contribution in [0.4, 0.5) is 23.7 Å². The summed E-state index contributed by atoms with van der Waals surface area (Å²) in [6.45, 7) is 0.801. The number of imidazole rings is 1. The van der Waals surface area contributed by atoms with Crippen molar-refractivity contribution >= 4 is 34.9 Å². The number of benzene rings is 1. The van der Waals surface area contributed by atoms with E-state index in [1.54, 1.807) is 47.3 Å². The Hall–Kier alpha value is -3.93. The van der Waals surface area contributed by atoms with Gasteiger partial charge in [-0.1, -0.05) is 17.3 Å². The molecule has 0 radical (unpaired) electrons. The van der Waals surface area contributed by atoms with Gasteiger partial charge < -0.3 is 15.5 Å². The number of pyridine rings is 1. The van der Waals surface area contributed by atoms with Gasteiger partial charge >= 0.3 is 12.2 Å². The molecule has 8 nitrogen and oxygen atoms in total. The van der Waals surface area contributed by atoms with Gasteiger partial charge in [-0.2, -0.15) is 13.2 Å². The van der Waals surface area contributed by atoms with Gasteiger partial charge in [0.2, 0.25) is 0 Å². The van der Waals surface area contributed by atoms with Gasteiger partial charge in [0.05, 0.1) is 28.8 Å². The molecule has 3 aromatic heterocycles. The van der Waals surface area contributed by atoms with E-state index < -0.39 is 18.8 Å². The Balaban J connectivity index is 1.43. The minimum absolute atomic E-state index is 0.287. The molecule has 3 heterocycles. The van der Waals surface area contributed by atoms with Gasteiger partial charge in [-0.05, 0) is 31.2 Å². The second-order valence-corrected chi connectivity index (χ2v) is 8.26. The van der Waals surface area contributed by atoms with E-state index in [-0.39, 0.29) is 6.61 Å². The van der Waals surface area contributed by atoms with E-state index in [2.05, 4.69) is 20.4 Å². The number of fused-ring (bicyclic) bond motifs is 1. The molecule has 0 saturated heterocycles. The Morgan fingerprint density at radius 3 is 2.91 bits per heavy atom. The highest BCUT2D eigenvalue weighted by molar-refractivity contribution is 7.09. The van der Waals surface area contributed by atoms with Crippen molar-refractivity contribution in [3.63, 3.8) is 0 Å². The molecular weight excluding hydrogens is 469 g/mol. The van der Waals surface area contributed by atoms with Crippen LogP contribution in [0.3, 0.4) is 0 Å². The largest absolute Gasteiger partial charge is 0.405 e. The summed E-state index contributed by atoms with van der Waals surface area (Å²) in [6.07, 6.45) is 0.586. The third-order valence-corrected chi connectivity index (χ3v) is 5.38. The number of aromatic nitrogens is 3. The summed E-state index contributed by atoms with van der Waals surface area (Å²) in [6, 6.07) is 9.47. The van der Waals surface area contributed by atoms with Crippen LogP contribution in [0.15, 0.2) is 59.3 Å². The molecule has 2 amide bonds. The average molecular weight is 488 g/mol. The fourth-order valence-electron chi connectivity index (χ4n) is 3.08. The van der Waals surface area contributed by atoms with E-state index in [0.29, 0.717) is 11.3 Å². The van der Waals surface area contributed by atoms with E-state index in [1.807, 2.05) is 41.1 Å². The number of nitrogens with zero attached hydrogens (tertiary/aromatic N) is 4. The first-order valence-electron chi connectivity index (χ1n) is 10.0. The molecule has 0 aliphatic carbocycles. The number of urea groups is 1. The van der Waals surface area contributed by atoms with E-state index in [0.717, 1.165) is 27.5 Å². The highest BCUT2D eigenvalue weighted by Gasteiger charge is 2.27. The standard InChI is InChI=1S/C22H19F3N6O2S/c1-14-29-18(12-34-14)11-33-28-9-15-5-6-31-19(10-26-20(31)7-15)16-3-2-4-17(8-16)30-21(32)27-13-22(23,24)25/h2-10,12H,11,13H2,1H3,(H2,27,30,32). The zero-order chi connectivity index (χ0) is 24.1. The lowest BCUT2D eigenvalue weighted by molar-refractivity contribution is -0.122. The molecule has 2 N–H and O–H groups in total. The van der Waals surface area contributed by atoms with Gasteiger partial charge in [-0.3, -0.25) is 4.40 Å². The van der Waals surface area contributed by atoms with Crippen LogP contribution >= 0.6 is 11.3 Å². The number of carbonyl (C=O) groups excluding carboxylic acids is 1. The van der Waals surface area contributed by atoms with E-state index >= 15 is 0 Å². The predicted molar refractivity (Wildman–Crippen MR) is 123 cm³/mol. The number of oxime groups is 1. The fraction of sp³-hybridized carbons (Fsp3) is 0.182. The first kappa shape index (κ1) is 23.2. The van der Waals surface area contributed by atoms with E-state index in [1.165, 1.54) is 0 Å². The van der Waals surface area contributed by atoms with Crippen molar-refractivity contribution < 1.29 is 22.8 Å². The molecule has 0 saturated carbocycles. The van der Waals surface area contributed by atoms with Crippen LogP contribution in [0, 0.1) is 6.92 Å². The summed E-state index contributed by atoms with van der Waals surface area (Å²) in [5, 5.41) is 11.0. The number of nitrogens with one attached hydrogen (secondary N) is 2. The molecule has 176 valence electrons. The molecule has 0 atom stereocenters. The molecule has 0 unspecified atom stereocenters. The van der Waals surface area contributed by atoms with Crippen molar-refractivity contribution in [3.05, 3.63) is 70.4 Å². The first-order valence-corrected chi connectivity index (χ1v) is 10.9. The molecule has 0 bridgehead atoms. The number of rotatable bonds is 7. The van der Waals surface area contributed by atoms with Gasteiger partial charge in [0.25, 0.3) is 0 Å². The Morgan fingerprint density at radius 2 is 2.15 bits per heavy atom. The van der Waals surface area contributed by atoms with E-state index in [4.69, 9.17) is 4.84 Å². The van der Waals surface area contributed by atoms with Crippen molar-refractivity contribution in [2.45, 2.75) is 19.7 Å². The molecule has 0 fully saturated rings. The molecule has 0 aliphatic heterocycles. The second-order valence-electron chi connectivity index (χ2n) is 7.20. The topological polar surface area (TPSA) is 92.9 Å². The Labute approximate surface area is 196 Å². The van der Waals surface area contributed by atoms with Crippen LogP contribution < -0.4 is 10.6 Å². The summed E-state index contributed by atoms with van der Waals surface area (Å²) < 4.78 is 38.7. The van der Waals surface area contributed by atoms with Gasteiger partial charge in [0.15, 0.2) is 6.61 Å². The van der Waals surface area contributed by atoms with E-state index in [9.17, 15) is 18.0 Å². The Bertz CT molecular complexity index is 1330. The third kappa shape index (κ3) is 6.10. The minimum atomic E-state index is -4.48. The van der Waals surface area contributed by atoms with Crippen molar-refractivity contribution in [3.8, 4) is 11.3 Å². The Kier molecular flexibility index (Phi) is 6.77. The first-order chi connectivity index (χ1) is 16.3. The predicted octanol–water partition coefficient (Wildman–Crippen LogP) is 5.00. The number of hydrogen-bond donors (Lipinski definition) is 2.